The van der Waals surface area contributed by atoms with Gasteiger partial charge in [-0.05, 0) is 26.2 Å². The van der Waals surface area contributed by atoms with Crippen LogP contribution in [-0.4, -0.2) is 80.9 Å². The first-order chi connectivity index (χ1) is 11.7. The van der Waals surface area contributed by atoms with Gasteiger partial charge in [0.25, 0.3) is 0 Å². The van der Waals surface area contributed by atoms with E-state index < -0.39 is 0 Å². The fourth-order valence-electron chi connectivity index (χ4n) is 3.23. The van der Waals surface area contributed by atoms with Gasteiger partial charge in [0.15, 0.2) is 5.96 Å². The number of nitrogens with one attached hydrogen (secondary N) is 1. The molecule has 24 heavy (non-hydrogen) atoms. The molecule has 0 spiro atoms. The monoisotopic (exact) mass is 340 g/mol. The summed E-state index contributed by atoms with van der Waals surface area (Å²) in [5.74, 6) is 0.902. The second kappa shape index (κ2) is 10.4. The van der Waals surface area contributed by atoms with Gasteiger partial charge in [0.05, 0.1) is 12.7 Å². The van der Waals surface area contributed by atoms with Gasteiger partial charge in [0, 0.05) is 46.4 Å². The number of guanidine groups is 1. The van der Waals surface area contributed by atoms with Crippen molar-refractivity contribution >= 4 is 12.1 Å². The molecule has 1 saturated heterocycles. The molecule has 0 aromatic rings. The van der Waals surface area contributed by atoms with Crippen molar-refractivity contribution in [2.75, 3.05) is 53.0 Å². The zero-order valence-corrected chi connectivity index (χ0v) is 15.1. The van der Waals surface area contributed by atoms with Gasteiger partial charge in [-0.25, -0.2) is 4.79 Å². The lowest BCUT2D eigenvalue weighted by molar-refractivity contribution is 0.0572. The molecule has 0 unspecified atom stereocenters. The lowest BCUT2D eigenvalue weighted by atomic mass is 10.3. The molecule has 1 aliphatic carbocycles. The number of nitrogens with zero attached hydrogens (tertiary/aromatic N) is 3. The van der Waals surface area contributed by atoms with Crippen molar-refractivity contribution in [3.05, 3.63) is 0 Å². The molecule has 2 rings (SSSR count). The molecule has 138 valence electrons. The number of piperazine rings is 1. The summed E-state index contributed by atoms with van der Waals surface area (Å²) in [6.07, 6.45) is 6.32. The maximum Gasteiger partial charge on any atom is 0.409 e. The Hall–Kier alpha value is -1.50. The van der Waals surface area contributed by atoms with E-state index in [9.17, 15) is 4.79 Å². The molecule has 2 aliphatic rings. The average molecular weight is 340 g/mol. The molecule has 0 bridgehead atoms. The van der Waals surface area contributed by atoms with Gasteiger partial charge >= 0.3 is 6.09 Å². The Balaban J connectivity index is 1.60. The van der Waals surface area contributed by atoms with Crippen molar-refractivity contribution < 1.29 is 14.3 Å². The van der Waals surface area contributed by atoms with Crippen LogP contribution in [0.2, 0.25) is 0 Å². The number of carbonyl (C=O) groups is 1. The van der Waals surface area contributed by atoms with E-state index in [1.54, 1.807) is 11.9 Å². The summed E-state index contributed by atoms with van der Waals surface area (Å²) >= 11 is 0. The molecule has 1 heterocycles. The summed E-state index contributed by atoms with van der Waals surface area (Å²) in [5, 5.41) is 3.39. The molecule has 0 aromatic heterocycles. The second-order valence-electron chi connectivity index (χ2n) is 6.28. The van der Waals surface area contributed by atoms with Gasteiger partial charge in [-0.3, -0.25) is 4.99 Å². The molecular weight excluding hydrogens is 308 g/mol. The van der Waals surface area contributed by atoms with Crippen molar-refractivity contribution in [3.63, 3.8) is 0 Å². The molecule has 1 N–H and O–H groups in total. The van der Waals surface area contributed by atoms with E-state index in [4.69, 9.17) is 9.47 Å². The highest BCUT2D eigenvalue weighted by Crippen LogP contribution is 2.20. The Kier molecular flexibility index (Phi) is 8.15. The normalized spacial score (nSPS) is 19.7. The third-order valence-electron chi connectivity index (χ3n) is 4.58. The first-order valence-corrected chi connectivity index (χ1v) is 9.23. The molecule has 0 radical (unpaired) electrons. The van der Waals surface area contributed by atoms with Crippen LogP contribution in [0.25, 0.3) is 0 Å². The van der Waals surface area contributed by atoms with Gasteiger partial charge in [-0.2, -0.15) is 0 Å². The van der Waals surface area contributed by atoms with E-state index in [1.165, 1.54) is 25.7 Å². The van der Waals surface area contributed by atoms with Crippen LogP contribution >= 0.6 is 0 Å². The summed E-state index contributed by atoms with van der Waals surface area (Å²) in [4.78, 5) is 20.0. The molecule has 2 fully saturated rings. The number of rotatable bonds is 6. The van der Waals surface area contributed by atoms with Crippen LogP contribution in [0.3, 0.4) is 0 Å². The van der Waals surface area contributed by atoms with E-state index in [-0.39, 0.29) is 6.09 Å². The zero-order valence-electron chi connectivity index (χ0n) is 15.1. The fraction of sp³-hybridized carbons (Fsp3) is 0.882. The number of hydrogen-bond donors (Lipinski definition) is 1. The third-order valence-corrected chi connectivity index (χ3v) is 4.58. The summed E-state index contributed by atoms with van der Waals surface area (Å²) < 4.78 is 10.9. The van der Waals surface area contributed by atoms with Crippen LogP contribution in [0.4, 0.5) is 4.79 Å². The maximum absolute atomic E-state index is 11.7. The zero-order chi connectivity index (χ0) is 17.2. The van der Waals surface area contributed by atoms with Crippen LogP contribution in [0, 0.1) is 0 Å². The van der Waals surface area contributed by atoms with Crippen molar-refractivity contribution in [2.45, 2.75) is 45.1 Å². The highest BCUT2D eigenvalue weighted by molar-refractivity contribution is 5.80. The minimum absolute atomic E-state index is 0.218. The molecule has 7 heteroatoms. The Morgan fingerprint density at radius 2 is 1.83 bits per heavy atom. The lowest BCUT2D eigenvalue weighted by Gasteiger charge is -2.35. The van der Waals surface area contributed by atoms with Crippen molar-refractivity contribution in [2.24, 2.45) is 4.99 Å². The molecular formula is C17H32N4O3. The predicted octanol–water partition coefficient (Wildman–Crippen LogP) is 1.69. The van der Waals surface area contributed by atoms with Crippen molar-refractivity contribution in [3.8, 4) is 0 Å². The lowest BCUT2D eigenvalue weighted by Crippen LogP contribution is -2.54. The number of ether oxygens (including phenoxy) is 2. The van der Waals surface area contributed by atoms with Crippen LogP contribution < -0.4 is 5.32 Å². The minimum Gasteiger partial charge on any atom is -0.450 e. The number of aliphatic imine (C=N–C) groups is 1. The maximum atomic E-state index is 11.7. The van der Waals surface area contributed by atoms with Crippen LogP contribution in [0.1, 0.15) is 39.0 Å². The first-order valence-electron chi connectivity index (χ1n) is 9.23. The summed E-state index contributed by atoms with van der Waals surface area (Å²) in [7, 11) is 1.80. The average Bonchev–Trinajstić information content (AvgIpc) is 3.12. The highest BCUT2D eigenvalue weighted by Gasteiger charge is 2.23. The van der Waals surface area contributed by atoms with Gasteiger partial charge in [-0.1, -0.05) is 12.8 Å². The summed E-state index contributed by atoms with van der Waals surface area (Å²) in [5.41, 5.74) is 0. The Morgan fingerprint density at radius 3 is 2.46 bits per heavy atom. The predicted molar refractivity (Wildman–Crippen MR) is 94.4 cm³/mol. The molecule has 7 nitrogen and oxygen atoms in total. The molecule has 1 aliphatic heterocycles. The number of hydrogen-bond acceptors (Lipinski definition) is 4. The van der Waals surface area contributed by atoms with Crippen LogP contribution in [0.15, 0.2) is 4.99 Å². The SMILES string of the molecule is CCOC(=O)N1CCN(C(=NC)NCCCOC2CCCC2)CC1. The smallest absolute Gasteiger partial charge is 0.409 e. The Bertz CT molecular complexity index is 403. The van der Waals surface area contributed by atoms with Crippen LogP contribution in [0.5, 0.6) is 0 Å². The van der Waals surface area contributed by atoms with Crippen LogP contribution in [-0.2, 0) is 9.47 Å². The molecule has 1 amide bonds. The minimum atomic E-state index is -0.218. The van der Waals surface area contributed by atoms with Crippen molar-refractivity contribution in [1.29, 1.82) is 0 Å². The summed E-state index contributed by atoms with van der Waals surface area (Å²) in [6.45, 7) is 6.81. The van der Waals surface area contributed by atoms with E-state index in [2.05, 4.69) is 15.2 Å². The fourth-order valence-corrected chi connectivity index (χ4v) is 3.23. The van der Waals surface area contributed by atoms with Gasteiger partial charge in [0.1, 0.15) is 0 Å². The van der Waals surface area contributed by atoms with Crippen molar-refractivity contribution in [1.82, 2.24) is 15.1 Å². The first kappa shape index (κ1) is 18.8. The van der Waals surface area contributed by atoms with E-state index in [1.807, 2.05) is 6.92 Å². The standard InChI is InChI=1S/C17H32N4O3/c1-3-23-17(22)21-12-10-20(11-13-21)16(18-2)19-9-6-14-24-15-7-4-5-8-15/h15H,3-14H2,1-2H3,(H,18,19). The quantitative estimate of drug-likeness (QED) is 0.453. The van der Waals surface area contributed by atoms with Gasteiger partial charge in [-0.15, -0.1) is 0 Å². The molecule has 0 atom stereocenters. The molecule has 0 aromatic carbocycles. The van der Waals surface area contributed by atoms with Gasteiger partial charge < -0.3 is 24.6 Å². The van der Waals surface area contributed by atoms with E-state index in [0.29, 0.717) is 25.8 Å². The number of amides is 1. The Morgan fingerprint density at radius 1 is 1.17 bits per heavy atom. The van der Waals surface area contributed by atoms with Gasteiger partial charge in [0.2, 0.25) is 0 Å². The topological polar surface area (TPSA) is 66.4 Å². The third kappa shape index (κ3) is 5.85. The highest BCUT2D eigenvalue weighted by atomic mass is 16.6. The largest absolute Gasteiger partial charge is 0.450 e. The summed E-state index contributed by atoms with van der Waals surface area (Å²) in [6, 6.07) is 0. The second-order valence-corrected chi connectivity index (χ2v) is 6.28. The molecule has 1 saturated carbocycles. The number of carbonyl (C=O) groups excluding carboxylic acids is 1. The van der Waals surface area contributed by atoms with E-state index >= 15 is 0 Å². The van der Waals surface area contributed by atoms with E-state index in [0.717, 1.165) is 38.6 Å². The Labute approximate surface area is 145 Å².